The minimum absolute atomic E-state index is 0.133. The summed E-state index contributed by atoms with van der Waals surface area (Å²) in [7, 11) is -3.60. The van der Waals surface area contributed by atoms with Gasteiger partial charge in [-0.3, -0.25) is 4.79 Å². The van der Waals surface area contributed by atoms with Gasteiger partial charge in [0.05, 0.1) is 4.90 Å². The molecule has 0 heterocycles. The van der Waals surface area contributed by atoms with Gasteiger partial charge in [-0.1, -0.05) is 52.0 Å². The van der Waals surface area contributed by atoms with E-state index in [0.29, 0.717) is 24.6 Å². The second kappa shape index (κ2) is 9.15. The molecule has 0 saturated heterocycles. The van der Waals surface area contributed by atoms with Crippen molar-refractivity contribution in [2.75, 3.05) is 18.4 Å². The van der Waals surface area contributed by atoms with Crippen LogP contribution in [0, 0.1) is 0 Å². The summed E-state index contributed by atoms with van der Waals surface area (Å²) in [6.45, 7) is 8.58. The average molecular weight is 389 g/mol. The summed E-state index contributed by atoms with van der Waals surface area (Å²) in [6.07, 6.45) is 0.963. The number of sulfonamides is 1. The number of hydrogen-bond acceptors (Lipinski definition) is 3. The van der Waals surface area contributed by atoms with Gasteiger partial charge in [0.2, 0.25) is 10.0 Å². The van der Waals surface area contributed by atoms with Gasteiger partial charge in [-0.2, -0.15) is 4.31 Å². The number of carbonyl (C=O) groups is 1. The number of benzene rings is 2. The number of carbonyl (C=O) groups excluding carboxylic acids is 1. The molecule has 27 heavy (non-hydrogen) atoms. The molecule has 0 fully saturated rings. The summed E-state index contributed by atoms with van der Waals surface area (Å²) in [5.74, 6) is -0.00164. The predicted molar refractivity (Wildman–Crippen MR) is 110 cm³/mol. The van der Waals surface area contributed by atoms with Crippen LogP contribution in [0.2, 0.25) is 0 Å². The molecule has 2 aromatic rings. The van der Waals surface area contributed by atoms with E-state index < -0.39 is 10.0 Å². The zero-order chi connectivity index (χ0) is 20.0. The van der Waals surface area contributed by atoms with E-state index in [9.17, 15) is 13.2 Å². The Bertz CT molecular complexity index is 890. The third kappa shape index (κ3) is 4.76. The molecule has 0 spiro atoms. The molecular formula is C21H28N2O3S. The van der Waals surface area contributed by atoms with Crippen molar-refractivity contribution >= 4 is 21.6 Å². The van der Waals surface area contributed by atoms with Gasteiger partial charge in [-0.15, -0.1) is 0 Å². The fourth-order valence-electron chi connectivity index (χ4n) is 2.97. The van der Waals surface area contributed by atoms with Gasteiger partial charge in [-0.25, -0.2) is 8.42 Å². The van der Waals surface area contributed by atoms with Crippen molar-refractivity contribution in [2.45, 2.75) is 44.9 Å². The summed E-state index contributed by atoms with van der Waals surface area (Å²) < 4.78 is 26.8. The van der Waals surface area contributed by atoms with Crippen LogP contribution in [0.4, 0.5) is 5.69 Å². The lowest BCUT2D eigenvalue weighted by Gasteiger charge is -2.19. The third-order valence-electron chi connectivity index (χ3n) is 4.79. The third-order valence-corrected chi connectivity index (χ3v) is 6.84. The minimum Gasteiger partial charge on any atom is -0.322 e. The molecule has 1 atom stereocenters. The summed E-state index contributed by atoms with van der Waals surface area (Å²) >= 11 is 0. The van der Waals surface area contributed by atoms with Crippen molar-refractivity contribution in [1.29, 1.82) is 0 Å². The molecule has 0 aliphatic rings. The number of nitrogens with one attached hydrogen (secondary N) is 1. The van der Waals surface area contributed by atoms with E-state index in [1.807, 2.05) is 24.3 Å². The van der Waals surface area contributed by atoms with Crippen LogP contribution in [0.1, 0.15) is 56.0 Å². The van der Waals surface area contributed by atoms with Crippen LogP contribution in [0.3, 0.4) is 0 Å². The standard InChI is InChI=1S/C21H28N2O3S/c1-5-16(4)19-13-8-9-14-20(19)22-21(24)17-11-10-12-18(15-17)27(25,26)23(6-2)7-3/h8-16H,5-7H2,1-4H3,(H,22,24)/t16-/m1/s1. The number of amides is 1. The van der Waals surface area contributed by atoms with Crippen molar-refractivity contribution in [3.8, 4) is 0 Å². The second-order valence-corrected chi connectivity index (χ2v) is 8.41. The number of nitrogens with zero attached hydrogens (tertiary/aromatic N) is 1. The van der Waals surface area contributed by atoms with E-state index in [1.165, 1.54) is 16.4 Å². The van der Waals surface area contributed by atoms with E-state index in [4.69, 9.17) is 0 Å². The fourth-order valence-corrected chi connectivity index (χ4v) is 4.47. The lowest BCUT2D eigenvalue weighted by Crippen LogP contribution is -2.30. The van der Waals surface area contributed by atoms with E-state index in [0.717, 1.165) is 17.7 Å². The van der Waals surface area contributed by atoms with Gasteiger partial charge in [0.25, 0.3) is 5.91 Å². The number of hydrogen-bond donors (Lipinski definition) is 1. The molecule has 0 saturated carbocycles. The molecule has 2 aromatic carbocycles. The maximum absolute atomic E-state index is 12.7. The molecular weight excluding hydrogens is 360 g/mol. The number of anilines is 1. The first-order valence-corrected chi connectivity index (χ1v) is 10.8. The van der Waals surface area contributed by atoms with E-state index in [1.54, 1.807) is 26.0 Å². The monoisotopic (exact) mass is 388 g/mol. The van der Waals surface area contributed by atoms with Crippen LogP contribution in [0.15, 0.2) is 53.4 Å². The van der Waals surface area contributed by atoms with Crippen molar-refractivity contribution < 1.29 is 13.2 Å². The molecule has 0 aromatic heterocycles. The van der Waals surface area contributed by atoms with Crippen molar-refractivity contribution in [1.82, 2.24) is 4.31 Å². The second-order valence-electron chi connectivity index (χ2n) is 6.47. The maximum atomic E-state index is 12.7. The van der Waals surface area contributed by atoms with Crippen LogP contribution < -0.4 is 5.32 Å². The first-order valence-electron chi connectivity index (χ1n) is 9.35. The van der Waals surface area contributed by atoms with Crippen molar-refractivity contribution in [3.05, 3.63) is 59.7 Å². The Kier molecular flexibility index (Phi) is 7.16. The smallest absolute Gasteiger partial charge is 0.255 e. The number of rotatable bonds is 8. The van der Waals surface area contributed by atoms with E-state index in [2.05, 4.69) is 19.2 Å². The molecule has 0 unspecified atom stereocenters. The molecule has 5 nitrogen and oxygen atoms in total. The molecule has 1 amide bonds. The summed E-state index contributed by atoms with van der Waals surface area (Å²) in [6, 6.07) is 13.9. The average Bonchev–Trinajstić information content (AvgIpc) is 2.68. The molecule has 6 heteroatoms. The molecule has 0 bridgehead atoms. The van der Waals surface area contributed by atoms with Gasteiger partial charge in [0, 0.05) is 24.3 Å². The Balaban J connectivity index is 2.32. The van der Waals surface area contributed by atoms with Gasteiger partial charge < -0.3 is 5.32 Å². The van der Waals surface area contributed by atoms with Crippen LogP contribution >= 0.6 is 0 Å². The highest BCUT2D eigenvalue weighted by Gasteiger charge is 2.22. The van der Waals surface area contributed by atoms with Crippen molar-refractivity contribution in [2.24, 2.45) is 0 Å². The quantitative estimate of drug-likeness (QED) is 0.725. The van der Waals surface area contributed by atoms with Gasteiger partial charge in [0.15, 0.2) is 0 Å². The Hall–Kier alpha value is -2.18. The molecule has 0 aliphatic carbocycles. The van der Waals surface area contributed by atoms with E-state index in [-0.39, 0.29) is 10.8 Å². The molecule has 0 aliphatic heterocycles. The molecule has 1 N–H and O–H groups in total. The fraction of sp³-hybridized carbons (Fsp3) is 0.381. The highest BCUT2D eigenvalue weighted by Crippen LogP contribution is 2.27. The zero-order valence-electron chi connectivity index (χ0n) is 16.4. The van der Waals surface area contributed by atoms with Crippen LogP contribution in [0.25, 0.3) is 0 Å². The van der Waals surface area contributed by atoms with Gasteiger partial charge >= 0.3 is 0 Å². The Labute approximate surface area is 162 Å². The minimum atomic E-state index is -3.60. The summed E-state index contributed by atoms with van der Waals surface area (Å²) in [5, 5.41) is 2.93. The zero-order valence-corrected chi connectivity index (χ0v) is 17.2. The molecule has 146 valence electrons. The van der Waals surface area contributed by atoms with E-state index >= 15 is 0 Å². The first-order chi connectivity index (χ1) is 12.8. The van der Waals surface area contributed by atoms with Gasteiger partial charge in [0.1, 0.15) is 0 Å². The topological polar surface area (TPSA) is 66.5 Å². The summed E-state index contributed by atoms with van der Waals surface area (Å²) in [5.41, 5.74) is 2.15. The molecule has 2 rings (SSSR count). The normalized spacial score (nSPS) is 12.8. The van der Waals surface area contributed by atoms with Crippen LogP contribution in [0.5, 0.6) is 0 Å². The SMILES string of the molecule is CC[C@@H](C)c1ccccc1NC(=O)c1cccc(S(=O)(=O)N(CC)CC)c1. The maximum Gasteiger partial charge on any atom is 0.255 e. The largest absolute Gasteiger partial charge is 0.322 e. The molecule has 0 radical (unpaired) electrons. The lowest BCUT2D eigenvalue weighted by molar-refractivity contribution is 0.102. The van der Waals surface area contributed by atoms with Gasteiger partial charge in [-0.05, 0) is 42.2 Å². The Morgan fingerprint density at radius 3 is 2.33 bits per heavy atom. The highest BCUT2D eigenvalue weighted by atomic mass is 32.2. The van der Waals surface area contributed by atoms with Crippen molar-refractivity contribution in [3.63, 3.8) is 0 Å². The summed E-state index contributed by atoms with van der Waals surface area (Å²) in [4.78, 5) is 12.9. The first kappa shape index (κ1) is 21.1. The highest BCUT2D eigenvalue weighted by molar-refractivity contribution is 7.89. The predicted octanol–water partition coefficient (Wildman–Crippen LogP) is 4.48. The lowest BCUT2D eigenvalue weighted by atomic mass is 9.97. The van der Waals surface area contributed by atoms with Crippen LogP contribution in [-0.2, 0) is 10.0 Å². The number of para-hydroxylation sites is 1. The Morgan fingerprint density at radius 1 is 1.04 bits per heavy atom. The Morgan fingerprint density at radius 2 is 1.70 bits per heavy atom. The van der Waals surface area contributed by atoms with Crippen LogP contribution in [-0.4, -0.2) is 31.7 Å².